The Labute approximate surface area is 207 Å². The van der Waals surface area contributed by atoms with Crippen LogP contribution in [0.1, 0.15) is 27.3 Å². The molecule has 0 aliphatic heterocycles. The molecule has 1 aliphatic rings. The van der Waals surface area contributed by atoms with Crippen LogP contribution in [0.15, 0.2) is 53.8 Å². The number of amides is 2. The predicted molar refractivity (Wildman–Crippen MR) is 134 cm³/mol. The highest BCUT2D eigenvalue weighted by Gasteiger charge is 2.30. The van der Waals surface area contributed by atoms with E-state index in [0.29, 0.717) is 27.5 Å². The number of rotatable bonds is 8. The maximum Gasteiger partial charge on any atom is 0.254 e. The molecule has 0 saturated heterocycles. The van der Waals surface area contributed by atoms with E-state index in [-0.39, 0.29) is 28.9 Å². The summed E-state index contributed by atoms with van der Waals surface area (Å²) in [5.41, 5.74) is 1.69. The summed E-state index contributed by atoms with van der Waals surface area (Å²) < 4.78 is 47.6. The Morgan fingerprint density at radius 3 is 2.54 bits per heavy atom. The lowest BCUT2D eigenvalue weighted by atomic mass is 10.1. The van der Waals surface area contributed by atoms with Crippen LogP contribution in [0.5, 0.6) is 5.75 Å². The highest BCUT2D eigenvalue weighted by atomic mass is 32.2. The van der Waals surface area contributed by atoms with Crippen molar-refractivity contribution in [2.24, 2.45) is 5.92 Å². The molecule has 1 aromatic carbocycles. The number of ether oxygens (including phenoxy) is 1. The highest BCUT2D eigenvalue weighted by Crippen LogP contribution is 2.38. The van der Waals surface area contributed by atoms with Gasteiger partial charge in [0.05, 0.1) is 34.3 Å². The first kappa shape index (κ1) is 20.4. The molecule has 0 spiro atoms. The number of hydrogen-bond acceptors (Lipinski definition) is 8. The van der Waals surface area contributed by atoms with E-state index >= 15 is 0 Å². The molecule has 1 saturated carbocycles. The first-order valence-corrected chi connectivity index (χ1v) is 12.6. The zero-order chi connectivity index (χ0) is 27.7. The Bertz CT molecular complexity index is 1490. The summed E-state index contributed by atoms with van der Waals surface area (Å²) in [6.07, 6.45) is 7.14. The van der Waals surface area contributed by atoms with Crippen molar-refractivity contribution in [3.05, 3.63) is 54.5 Å². The summed E-state index contributed by atoms with van der Waals surface area (Å²) in [6.45, 7) is -2.72. The van der Waals surface area contributed by atoms with Crippen LogP contribution < -0.4 is 20.7 Å². The first-order valence-electron chi connectivity index (χ1n) is 12.1. The molecular formula is C24H26N6O4S. The Balaban J connectivity index is 1.73. The molecule has 182 valence electrons. The molecule has 2 heterocycles. The van der Waals surface area contributed by atoms with Gasteiger partial charge in [0, 0.05) is 52.2 Å². The van der Waals surface area contributed by atoms with Crippen molar-refractivity contribution in [1.29, 1.82) is 4.78 Å². The summed E-state index contributed by atoms with van der Waals surface area (Å²) in [7, 11) is -1.42. The molecule has 4 rings (SSSR count). The summed E-state index contributed by atoms with van der Waals surface area (Å²) in [5, 5.41) is 7.71. The van der Waals surface area contributed by atoms with Crippen LogP contribution in [-0.4, -0.2) is 46.3 Å². The van der Waals surface area contributed by atoms with Crippen LogP contribution in [-0.2, 0) is 14.5 Å². The van der Waals surface area contributed by atoms with Crippen molar-refractivity contribution in [3.63, 3.8) is 0 Å². The maximum absolute atomic E-state index is 12.8. The Kier molecular flexibility index (Phi) is 5.65. The number of hydrogen-bond donors (Lipinski definition) is 4. The molecule has 1 unspecified atom stereocenters. The lowest BCUT2D eigenvalue weighted by Gasteiger charge is -2.17. The molecule has 4 N–H and O–H groups in total. The van der Waals surface area contributed by atoms with E-state index in [1.165, 1.54) is 31.8 Å². The monoisotopic (exact) mass is 497 g/mol. The fourth-order valence-electron chi connectivity index (χ4n) is 3.45. The van der Waals surface area contributed by atoms with Gasteiger partial charge in [-0.3, -0.25) is 14.6 Å². The van der Waals surface area contributed by atoms with E-state index in [9.17, 15) is 13.8 Å². The highest BCUT2D eigenvalue weighted by molar-refractivity contribution is 7.91. The topological polar surface area (TPSA) is 146 Å². The molecule has 1 aliphatic carbocycles. The molecule has 35 heavy (non-hydrogen) atoms. The molecule has 1 atom stereocenters. The fraction of sp³-hybridized carbons (Fsp3) is 0.250. The van der Waals surface area contributed by atoms with Gasteiger partial charge in [0.15, 0.2) is 5.75 Å². The molecule has 3 aromatic rings. The van der Waals surface area contributed by atoms with E-state index in [2.05, 4.69) is 20.6 Å². The van der Waals surface area contributed by atoms with Gasteiger partial charge >= 0.3 is 0 Å². The smallest absolute Gasteiger partial charge is 0.254 e. The van der Waals surface area contributed by atoms with Gasteiger partial charge in [-0.2, -0.15) is 0 Å². The standard InChI is InChI=1S/C24H26N6O4S/c1-26-24(32)18-12-28-21(30-23(31)15-4-5-15)10-19(18)29-20-13-27-11-17(22(20)34-2)14-6-8-16(9-7-14)35(3,25)33/h6-13,15,25H,4-5H2,1-3H3,(H,26,32)(H2,28,29,30,31)/i1D3. The van der Waals surface area contributed by atoms with Crippen LogP contribution in [0.4, 0.5) is 17.2 Å². The molecule has 11 heteroatoms. The number of nitrogens with zero attached hydrogens (tertiary/aromatic N) is 2. The van der Waals surface area contributed by atoms with Crippen molar-refractivity contribution < 1.29 is 22.6 Å². The van der Waals surface area contributed by atoms with Gasteiger partial charge in [-0.25, -0.2) is 14.0 Å². The van der Waals surface area contributed by atoms with Crippen LogP contribution in [0, 0.1) is 10.7 Å². The third-order valence-electron chi connectivity index (χ3n) is 5.45. The van der Waals surface area contributed by atoms with Crippen molar-refractivity contribution in [3.8, 4) is 16.9 Å². The molecule has 1 fully saturated rings. The summed E-state index contributed by atoms with van der Waals surface area (Å²) in [4.78, 5) is 33.8. The number of carbonyl (C=O) groups is 2. The van der Waals surface area contributed by atoms with Crippen LogP contribution in [0.25, 0.3) is 11.1 Å². The lowest BCUT2D eigenvalue weighted by molar-refractivity contribution is -0.117. The summed E-state index contributed by atoms with van der Waals surface area (Å²) in [6, 6.07) is 8.02. The van der Waals surface area contributed by atoms with Gasteiger partial charge in [0.1, 0.15) is 11.5 Å². The second kappa shape index (κ2) is 9.71. The van der Waals surface area contributed by atoms with Crippen LogP contribution in [0.2, 0.25) is 0 Å². The van der Waals surface area contributed by atoms with Gasteiger partial charge in [-0.1, -0.05) is 12.1 Å². The van der Waals surface area contributed by atoms with Crippen LogP contribution in [0.3, 0.4) is 0 Å². The molecule has 10 nitrogen and oxygen atoms in total. The normalized spacial score (nSPS) is 16.1. The lowest BCUT2D eigenvalue weighted by Crippen LogP contribution is -2.20. The number of anilines is 3. The minimum absolute atomic E-state index is 0.0736. The van der Waals surface area contributed by atoms with E-state index in [1.807, 2.05) is 5.32 Å². The van der Waals surface area contributed by atoms with E-state index in [4.69, 9.17) is 13.6 Å². The Morgan fingerprint density at radius 1 is 1.17 bits per heavy atom. The molecule has 0 radical (unpaired) electrons. The largest absolute Gasteiger partial charge is 0.494 e. The number of methoxy groups -OCH3 is 1. The summed E-state index contributed by atoms with van der Waals surface area (Å²) >= 11 is 0. The number of aromatic nitrogens is 2. The molecule has 2 amide bonds. The number of carbonyl (C=O) groups excluding carboxylic acids is 2. The fourth-order valence-corrected chi connectivity index (χ4v) is 4.11. The minimum Gasteiger partial charge on any atom is -0.494 e. The molecule has 2 aromatic heterocycles. The van der Waals surface area contributed by atoms with Gasteiger partial charge < -0.3 is 20.7 Å². The van der Waals surface area contributed by atoms with Crippen LogP contribution >= 0.6 is 0 Å². The molecular weight excluding hydrogens is 468 g/mol. The first-order chi connectivity index (χ1) is 17.9. The third-order valence-corrected chi connectivity index (χ3v) is 6.62. The molecule has 0 bridgehead atoms. The quantitative estimate of drug-likeness (QED) is 0.372. The van der Waals surface area contributed by atoms with Crippen molar-refractivity contribution >= 4 is 38.7 Å². The number of pyridine rings is 2. The minimum atomic E-state index is -2.88. The van der Waals surface area contributed by atoms with E-state index < -0.39 is 22.6 Å². The average molecular weight is 498 g/mol. The third kappa shape index (κ3) is 5.40. The maximum atomic E-state index is 12.8. The predicted octanol–water partition coefficient (Wildman–Crippen LogP) is 3.64. The van der Waals surface area contributed by atoms with Gasteiger partial charge in [0.25, 0.3) is 5.91 Å². The SMILES string of the molecule is [2H]C([2H])([2H])NC(=O)c1cnc(NC(=O)C2CC2)cc1Nc1cncc(-c2ccc(S(C)(=N)=O)cc2)c1OC. The zero-order valence-electron chi connectivity index (χ0n) is 22.0. The Morgan fingerprint density at radius 2 is 1.91 bits per heavy atom. The van der Waals surface area contributed by atoms with E-state index in [0.717, 1.165) is 12.8 Å². The second-order valence-corrected chi connectivity index (χ2v) is 10.3. The van der Waals surface area contributed by atoms with Gasteiger partial charge in [-0.05, 0) is 30.5 Å². The van der Waals surface area contributed by atoms with Crippen molar-refractivity contribution in [2.45, 2.75) is 17.7 Å². The Hall–Kier alpha value is -3.99. The summed E-state index contributed by atoms with van der Waals surface area (Å²) in [5.74, 6) is -0.602. The van der Waals surface area contributed by atoms with E-state index in [1.54, 1.807) is 30.5 Å². The van der Waals surface area contributed by atoms with Gasteiger partial charge in [-0.15, -0.1) is 0 Å². The van der Waals surface area contributed by atoms with Gasteiger partial charge in [0.2, 0.25) is 5.91 Å². The zero-order valence-corrected chi connectivity index (χ0v) is 19.9. The number of benzene rings is 1. The average Bonchev–Trinajstić information content (AvgIpc) is 3.68. The second-order valence-electron chi connectivity index (χ2n) is 8.09. The van der Waals surface area contributed by atoms with Crippen molar-refractivity contribution in [1.82, 2.24) is 15.3 Å². The van der Waals surface area contributed by atoms with Crippen molar-refractivity contribution in [2.75, 3.05) is 31.0 Å². The number of nitrogens with one attached hydrogen (secondary N) is 4.